The van der Waals surface area contributed by atoms with E-state index in [1.165, 1.54) is 22.3 Å². The molecule has 3 heteroatoms. The predicted molar refractivity (Wildman–Crippen MR) is 183 cm³/mol. The molecule has 0 unspecified atom stereocenters. The molecule has 4 aromatic rings. The molecule has 1 aliphatic rings. The van der Waals surface area contributed by atoms with E-state index in [0.717, 1.165) is 50.1 Å². The summed E-state index contributed by atoms with van der Waals surface area (Å²) in [5, 5.41) is 10.3. The monoisotopic (exact) mass is 549 g/mol. The van der Waals surface area contributed by atoms with Crippen LogP contribution in [0, 0.1) is 12.3 Å². The highest BCUT2D eigenvalue weighted by Crippen LogP contribution is 2.48. The number of aryl methyl sites for hydroxylation is 1. The second kappa shape index (κ2) is 11.3. The van der Waals surface area contributed by atoms with Gasteiger partial charge in [-0.15, -0.1) is 0 Å². The molecule has 3 aromatic carbocycles. The normalized spacial score (nSPS) is 15.0. The predicted octanol–water partition coefficient (Wildman–Crippen LogP) is 10.2. The maximum atomic E-state index is 9.23. The Balaban J connectivity index is 1.64. The number of fused-ring (bicyclic) bond motifs is 2. The van der Waals surface area contributed by atoms with Crippen LogP contribution in [-0.4, -0.2) is 16.2 Å². The summed E-state index contributed by atoms with van der Waals surface area (Å²) in [5.41, 5.74) is 12.7. The molecule has 1 aliphatic carbocycles. The molecular weight excluding hydrogens is 510 g/mol. The first-order valence-electron chi connectivity index (χ1n) is 14.4. The average molecular weight is 550 g/mol. The highest BCUT2D eigenvalue weighted by Gasteiger charge is 2.35. The molecule has 1 heterocycles. The van der Waals surface area contributed by atoms with E-state index in [9.17, 15) is 5.41 Å². The number of para-hydroxylation sites is 1. The summed E-state index contributed by atoms with van der Waals surface area (Å²) in [6.07, 6.45) is 8.38. The van der Waals surface area contributed by atoms with Gasteiger partial charge in [-0.2, -0.15) is 0 Å². The lowest BCUT2D eigenvalue weighted by Crippen LogP contribution is -2.16. The standard InChI is InChI=1S/C39H39N3/c1-9-16-33-30(10-2)32-22-21-29(24-34(32)39(33,7)8)26(5)23-35(28-17-12-11-13-18-28)41-38(40)42-36-20-15-14-19-31(36)27(6)37(42)25(3)4/h9-24,40H,2-3H2,1,4-8H3/b16-9-,26-23+,40-38?,41-35+. The van der Waals surface area contributed by atoms with Crippen molar-refractivity contribution in [2.75, 3.05) is 0 Å². The molecule has 5 rings (SSSR count). The SMILES string of the molecule is C=CC1=C(/C=C\C)C(C)(C)c2cc(/C(C)=C/C(=N\C(=N)n3c(C(=C)C)c(C)c4ccccc43)c3ccccc3)ccc21. The molecule has 0 radical (unpaired) electrons. The first-order chi connectivity index (χ1) is 20.1. The Morgan fingerprint density at radius 3 is 2.31 bits per heavy atom. The second-order valence-corrected chi connectivity index (χ2v) is 11.5. The van der Waals surface area contributed by atoms with Crippen LogP contribution >= 0.6 is 0 Å². The van der Waals surface area contributed by atoms with Gasteiger partial charge in [-0.25, -0.2) is 4.99 Å². The third-order valence-electron chi connectivity index (χ3n) is 8.33. The van der Waals surface area contributed by atoms with E-state index >= 15 is 0 Å². The molecule has 42 heavy (non-hydrogen) atoms. The van der Waals surface area contributed by atoms with Crippen LogP contribution in [0.4, 0.5) is 0 Å². The molecule has 0 saturated heterocycles. The third-order valence-corrected chi connectivity index (χ3v) is 8.33. The van der Waals surface area contributed by atoms with E-state index in [4.69, 9.17) is 4.99 Å². The Bertz CT molecular complexity index is 1870. The molecule has 1 aromatic heterocycles. The molecule has 1 N–H and O–H groups in total. The number of rotatable bonds is 6. The largest absolute Gasteiger partial charge is 0.278 e. The van der Waals surface area contributed by atoms with Crippen LogP contribution in [0.15, 0.2) is 121 Å². The summed E-state index contributed by atoms with van der Waals surface area (Å²) in [7, 11) is 0. The minimum atomic E-state index is -0.133. The molecule has 0 spiro atoms. The van der Waals surface area contributed by atoms with Crippen LogP contribution in [0.3, 0.4) is 0 Å². The Kier molecular flexibility index (Phi) is 7.71. The molecule has 0 fully saturated rings. The zero-order valence-corrected chi connectivity index (χ0v) is 25.5. The number of allylic oxidation sites excluding steroid dienone is 8. The van der Waals surface area contributed by atoms with Gasteiger partial charge in [0.25, 0.3) is 0 Å². The lowest BCUT2D eigenvalue weighted by molar-refractivity contribution is 0.654. The Morgan fingerprint density at radius 2 is 1.64 bits per heavy atom. The summed E-state index contributed by atoms with van der Waals surface area (Å²) < 4.78 is 1.92. The average Bonchev–Trinajstić information content (AvgIpc) is 3.40. The van der Waals surface area contributed by atoms with Crippen molar-refractivity contribution < 1.29 is 0 Å². The van der Waals surface area contributed by atoms with Gasteiger partial charge in [0.1, 0.15) is 0 Å². The first-order valence-corrected chi connectivity index (χ1v) is 14.4. The second-order valence-electron chi connectivity index (χ2n) is 11.5. The summed E-state index contributed by atoms with van der Waals surface area (Å²) in [6.45, 7) is 21.2. The molecule has 210 valence electrons. The first kappa shape index (κ1) is 28.8. The van der Waals surface area contributed by atoms with Gasteiger partial charge in [-0.3, -0.25) is 9.98 Å². The highest BCUT2D eigenvalue weighted by molar-refractivity contribution is 6.17. The third kappa shape index (κ3) is 4.86. The van der Waals surface area contributed by atoms with Crippen LogP contribution in [0.1, 0.15) is 68.1 Å². The van der Waals surface area contributed by atoms with Crippen LogP contribution in [0.5, 0.6) is 0 Å². The lowest BCUT2D eigenvalue weighted by atomic mass is 9.80. The van der Waals surface area contributed by atoms with Crippen LogP contribution < -0.4 is 0 Å². The minimum absolute atomic E-state index is 0.133. The van der Waals surface area contributed by atoms with Crippen molar-refractivity contribution in [3.8, 4) is 0 Å². The zero-order valence-electron chi connectivity index (χ0n) is 25.5. The number of aliphatic imine (C=N–C) groups is 1. The smallest absolute Gasteiger partial charge is 0.227 e. The van der Waals surface area contributed by atoms with E-state index < -0.39 is 0 Å². The summed E-state index contributed by atoms with van der Waals surface area (Å²) in [6, 6.07) is 25.0. The fourth-order valence-electron chi connectivity index (χ4n) is 6.23. The van der Waals surface area contributed by atoms with E-state index in [1.54, 1.807) is 0 Å². The van der Waals surface area contributed by atoms with Crippen molar-refractivity contribution in [2.45, 2.75) is 47.0 Å². The maximum Gasteiger partial charge on any atom is 0.227 e. The summed E-state index contributed by atoms with van der Waals surface area (Å²) in [5.74, 6) is 0.158. The van der Waals surface area contributed by atoms with Crippen molar-refractivity contribution in [3.63, 3.8) is 0 Å². The molecule has 0 saturated carbocycles. The van der Waals surface area contributed by atoms with Gasteiger partial charge in [0.05, 0.1) is 16.9 Å². The number of aromatic nitrogens is 1. The number of hydrogen-bond acceptors (Lipinski definition) is 1. The van der Waals surface area contributed by atoms with E-state index in [2.05, 4.69) is 90.3 Å². The topological polar surface area (TPSA) is 41.1 Å². The minimum Gasteiger partial charge on any atom is -0.278 e. The Morgan fingerprint density at radius 1 is 0.952 bits per heavy atom. The fraction of sp³-hybridized carbons (Fsp3) is 0.179. The molecule has 0 bridgehead atoms. The Labute approximate surface area is 250 Å². The van der Waals surface area contributed by atoms with Crippen molar-refractivity contribution in [1.29, 1.82) is 5.41 Å². The van der Waals surface area contributed by atoms with Gasteiger partial charge in [0.15, 0.2) is 0 Å². The lowest BCUT2D eigenvalue weighted by Gasteiger charge is -2.23. The number of benzene rings is 3. The van der Waals surface area contributed by atoms with Crippen molar-refractivity contribution in [2.24, 2.45) is 4.99 Å². The summed E-state index contributed by atoms with van der Waals surface area (Å²) in [4.78, 5) is 4.97. The maximum absolute atomic E-state index is 9.23. The molecule has 3 nitrogen and oxygen atoms in total. The number of nitrogens with one attached hydrogen (secondary N) is 1. The van der Waals surface area contributed by atoms with E-state index in [0.29, 0.717) is 0 Å². The van der Waals surface area contributed by atoms with Gasteiger partial charge in [-0.1, -0.05) is 106 Å². The van der Waals surface area contributed by atoms with Gasteiger partial charge in [0.2, 0.25) is 5.96 Å². The zero-order chi connectivity index (χ0) is 30.2. The number of hydrogen-bond donors (Lipinski definition) is 1. The van der Waals surface area contributed by atoms with E-state index in [-0.39, 0.29) is 11.4 Å². The van der Waals surface area contributed by atoms with Crippen molar-refractivity contribution >= 4 is 39.3 Å². The summed E-state index contributed by atoms with van der Waals surface area (Å²) >= 11 is 0. The molecule has 0 atom stereocenters. The molecular formula is C39H39N3. The van der Waals surface area contributed by atoms with Gasteiger partial charge >= 0.3 is 0 Å². The molecule has 0 aliphatic heterocycles. The van der Waals surface area contributed by atoms with Crippen LogP contribution in [0.2, 0.25) is 0 Å². The molecule has 0 amide bonds. The van der Waals surface area contributed by atoms with Gasteiger partial charge in [0, 0.05) is 16.4 Å². The number of nitrogens with zero attached hydrogens (tertiary/aromatic N) is 2. The fourth-order valence-corrected chi connectivity index (χ4v) is 6.23. The van der Waals surface area contributed by atoms with Crippen LogP contribution in [-0.2, 0) is 5.41 Å². The van der Waals surface area contributed by atoms with Crippen molar-refractivity contribution in [3.05, 3.63) is 149 Å². The quantitative estimate of drug-likeness (QED) is 0.184. The highest BCUT2D eigenvalue weighted by atomic mass is 15.2. The Hall–Kier alpha value is -4.76. The van der Waals surface area contributed by atoms with Crippen LogP contribution in [0.25, 0.3) is 27.6 Å². The van der Waals surface area contributed by atoms with Crippen molar-refractivity contribution in [1.82, 2.24) is 4.57 Å². The van der Waals surface area contributed by atoms with Gasteiger partial charge < -0.3 is 0 Å². The van der Waals surface area contributed by atoms with E-state index in [1.807, 2.05) is 66.1 Å². The van der Waals surface area contributed by atoms with Gasteiger partial charge in [-0.05, 0) is 90.4 Å².